The van der Waals surface area contributed by atoms with Crippen molar-refractivity contribution in [1.82, 2.24) is 14.9 Å². The van der Waals surface area contributed by atoms with Gasteiger partial charge >= 0.3 is 0 Å². The molecule has 0 bridgehead atoms. The monoisotopic (exact) mass is 278 g/mol. The zero-order chi connectivity index (χ0) is 14.4. The van der Waals surface area contributed by atoms with E-state index >= 15 is 0 Å². The number of rotatable bonds is 6. The van der Waals surface area contributed by atoms with Crippen LogP contribution in [-0.4, -0.2) is 47.1 Å². The van der Waals surface area contributed by atoms with Crippen molar-refractivity contribution in [3.63, 3.8) is 0 Å². The summed E-state index contributed by atoms with van der Waals surface area (Å²) in [6.45, 7) is 8.40. The summed E-state index contributed by atoms with van der Waals surface area (Å²) < 4.78 is 0. The summed E-state index contributed by atoms with van der Waals surface area (Å²) in [6, 6.07) is 2.41. The maximum Gasteiger partial charge on any atom is 0.223 e. The third kappa shape index (κ3) is 4.23. The molecule has 2 heterocycles. The molecule has 1 atom stereocenters. The van der Waals surface area contributed by atoms with E-state index in [1.54, 1.807) is 0 Å². The highest BCUT2D eigenvalue weighted by Crippen LogP contribution is 2.15. The number of anilines is 3. The van der Waals surface area contributed by atoms with Gasteiger partial charge in [0, 0.05) is 25.2 Å². The second-order valence-electron chi connectivity index (χ2n) is 5.35. The largest absolute Gasteiger partial charge is 0.370 e. The fraction of sp³-hybridized carbons (Fsp3) is 0.714. The molecule has 0 radical (unpaired) electrons. The van der Waals surface area contributed by atoms with Crippen molar-refractivity contribution in [2.45, 2.75) is 39.2 Å². The molecule has 0 spiro atoms. The third-order valence-electron chi connectivity index (χ3n) is 3.69. The third-order valence-corrected chi connectivity index (χ3v) is 3.69. The zero-order valence-electron chi connectivity index (χ0n) is 12.5. The van der Waals surface area contributed by atoms with Gasteiger partial charge in [0.05, 0.1) is 0 Å². The van der Waals surface area contributed by atoms with E-state index in [-0.39, 0.29) is 0 Å². The molecular formula is C14H26N6. The van der Waals surface area contributed by atoms with E-state index < -0.39 is 0 Å². The maximum absolute atomic E-state index is 5.73. The van der Waals surface area contributed by atoms with E-state index in [2.05, 4.69) is 32.4 Å². The normalized spacial score (nSPS) is 17.7. The van der Waals surface area contributed by atoms with Gasteiger partial charge in [0.25, 0.3) is 0 Å². The van der Waals surface area contributed by atoms with E-state index in [0.717, 1.165) is 24.7 Å². The minimum Gasteiger partial charge on any atom is -0.370 e. The average Bonchev–Trinajstić information content (AvgIpc) is 2.45. The van der Waals surface area contributed by atoms with Gasteiger partial charge < -0.3 is 16.4 Å². The van der Waals surface area contributed by atoms with Crippen molar-refractivity contribution in [3.05, 3.63) is 6.07 Å². The van der Waals surface area contributed by atoms with E-state index in [0.29, 0.717) is 12.0 Å². The van der Waals surface area contributed by atoms with Crippen molar-refractivity contribution in [3.8, 4) is 0 Å². The second-order valence-corrected chi connectivity index (χ2v) is 5.35. The van der Waals surface area contributed by atoms with Crippen LogP contribution < -0.4 is 16.4 Å². The lowest BCUT2D eigenvalue weighted by Crippen LogP contribution is -2.41. The lowest BCUT2D eigenvalue weighted by Gasteiger charge is -2.32. The Morgan fingerprint density at radius 1 is 1.20 bits per heavy atom. The van der Waals surface area contributed by atoms with E-state index in [1.807, 2.05) is 13.0 Å². The summed E-state index contributed by atoms with van der Waals surface area (Å²) in [5, 5.41) is 6.53. The molecule has 1 fully saturated rings. The number of nitrogens with zero attached hydrogens (tertiary/aromatic N) is 3. The van der Waals surface area contributed by atoms with Gasteiger partial charge in [0.2, 0.25) is 5.95 Å². The van der Waals surface area contributed by atoms with Gasteiger partial charge in [0.15, 0.2) is 0 Å². The van der Waals surface area contributed by atoms with Crippen LogP contribution in [0.3, 0.4) is 0 Å². The number of likely N-dealkylation sites (tertiary alicyclic amines) is 1. The topological polar surface area (TPSA) is 79.1 Å². The fourth-order valence-electron chi connectivity index (χ4n) is 2.57. The smallest absolute Gasteiger partial charge is 0.223 e. The molecule has 1 aliphatic rings. The zero-order valence-corrected chi connectivity index (χ0v) is 12.5. The van der Waals surface area contributed by atoms with E-state index in [4.69, 9.17) is 5.73 Å². The number of hydrogen-bond donors (Lipinski definition) is 3. The minimum atomic E-state index is 0.302. The Kier molecular flexibility index (Phi) is 5.40. The molecule has 6 heteroatoms. The molecule has 0 aromatic carbocycles. The molecule has 20 heavy (non-hydrogen) atoms. The van der Waals surface area contributed by atoms with E-state index in [9.17, 15) is 0 Å². The summed E-state index contributed by atoms with van der Waals surface area (Å²) in [7, 11) is 0. The molecule has 6 nitrogen and oxygen atoms in total. The number of aromatic nitrogens is 2. The molecule has 1 aromatic rings. The van der Waals surface area contributed by atoms with Gasteiger partial charge in [-0.15, -0.1) is 0 Å². The predicted molar refractivity (Wildman–Crippen MR) is 84.0 cm³/mol. The Hall–Kier alpha value is -1.56. The first-order chi connectivity index (χ1) is 9.69. The number of nitrogens with one attached hydrogen (secondary N) is 2. The highest BCUT2D eigenvalue weighted by molar-refractivity contribution is 5.50. The Balaban J connectivity index is 1.89. The highest BCUT2D eigenvalue weighted by atomic mass is 15.2. The van der Waals surface area contributed by atoms with Crippen molar-refractivity contribution < 1.29 is 0 Å². The van der Waals surface area contributed by atoms with Gasteiger partial charge in [-0.25, -0.2) is 0 Å². The molecule has 1 aromatic heterocycles. The summed E-state index contributed by atoms with van der Waals surface area (Å²) >= 11 is 0. The first kappa shape index (κ1) is 14.8. The van der Waals surface area contributed by atoms with Gasteiger partial charge in [-0.3, -0.25) is 4.90 Å². The Morgan fingerprint density at radius 3 is 2.50 bits per heavy atom. The van der Waals surface area contributed by atoms with Crippen LogP contribution in [0.15, 0.2) is 6.07 Å². The summed E-state index contributed by atoms with van der Waals surface area (Å²) in [6.07, 6.45) is 4.00. The highest BCUT2D eigenvalue weighted by Gasteiger charge is 2.16. The molecule has 0 saturated carbocycles. The van der Waals surface area contributed by atoms with Crippen LogP contribution in [-0.2, 0) is 0 Å². The van der Waals surface area contributed by atoms with Crippen LogP contribution in [0.5, 0.6) is 0 Å². The molecular weight excluding hydrogens is 252 g/mol. The van der Waals surface area contributed by atoms with Gasteiger partial charge in [-0.05, 0) is 39.8 Å². The fourth-order valence-corrected chi connectivity index (χ4v) is 2.57. The predicted octanol–water partition coefficient (Wildman–Crippen LogP) is 1.78. The molecule has 1 saturated heterocycles. The van der Waals surface area contributed by atoms with Crippen LogP contribution in [0.1, 0.15) is 33.1 Å². The lowest BCUT2D eigenvalue weighted by atomic mass is 10.1. The number of nitrogen functional groups attached to an aromatic ring is 1. The van der Waals surface area contributed by atoms with Crippen LogP contribution in [0, 0.1) is 0 Å². The SMILES string of the molecule is CCNc1cc(NCC(C)N2CCCCC2)nc(N)n1. The van der Waals surface area contributed by atoms with Crippen LogP contribution >= 0.6 is 0 Å². The standard InChI is InChI=1S/C14H26N6/c1-3-16-12-9-13(19-14(15)18-12)17-10-11(2)20-7-5-4-6-8-20/h9,11H,3-8,10H2,1-2H3,(H4,15,16,17,18,19). The first-order valence-electron chi connectivity index (χ1n) is 7.55. The summed E-state index contributed by atoms with van der Waals surface area (Å²) in [5.74, 6) is 1.86. The van der Waals surface area contributed by atoms with Gasteiger partial charge in [-0.1, -0.05) is 6.42 Å². The summed E-state index contributed by atoms with van der Waals surface area (Å²) in [4.78, 5) is 10.9. The minimum absolute atomic E-state index is 0.302. The Labute approximate surface area is 121 Å². The van der Waals surface area contributed by atoms with Crippen molar-refractivity contribution in [2.24, 2.45) is 0 Å². The molecule has 112 valence electrons. The van der Waals surface area contributed by atoms with Crippen LogP contribution in [0.25, 0.3) is 0 Å². The summed E-state index contributed by atoms with van der Waals surface area (Å²) in [5.41, 5.74) is 5.73. The number of piperidine rings is 1. The van der Waals surface area contributed by atoms with Crippen LogP contribution in [0.2, 0.25) is 0 Å². The molecule has 4 N–H and O–H groups in total. The first-order valence-corrected chi connectivity index (χ1v) is 7.55. The van der Waals surface area contributed by atoms with Crippen molar-refractivity contribution in [2.75, 3.05) is 42.5 Å². The quantitative estimate of drug-likeness (QED) is 0.736. The van der Waals surface area contributed by atoms with Crippen molar-refractivity contribution in [1.29, 1.82) is 0 Å². The lowest BCUT2D eigenvalue weighted by molar-refractivity contribution is 0.180. The molecule has 1 aliphatic heterocycles. The Bertz CT molecular complexity index is 416. The number of nitrogens with two attached hydrogens (primary N) is 1. The van der Waals surface area contributed by atoms with E-state index in [1.165, 1.54) is 32.4 Å². The van der Waals surface area contributed by atoms with Gasteiger partial charge in [-0.2, -0.15) is 9.97 Å². The Morgan fingerprint density at radius 2 is 1.85 bits per heavy atom. The van der Waals surface area contributed by atoms with Crippen molar-refractivity contribution >= 4 is 17.6 Å². The molecule has 1 unspecified atom stereocenters. The molecule has 0 aliphatic carbocycles. The average molecular weight is 278 g/mol. The second kappa shape index (κ2) is 7.28. The molecule has 2 rings (SSSR count). The van der Waals surface area contributed by atoms with Gasteiger partial charge in [0.1, 0.15) is 11.6 Å². The van der Waals surface area contributed by atoms with Crippen LogP contribution in [0.4, 0.5) is 17.6 Å². The molecule has 0 amide bonds. The number of hydrogen-bond acceptors (Lipinski definition) is 6. The maximum atomic E-state index is 5.73.